The zero-order chi connectivity index (χ0) is 18.4. The van der Waals surface area contributed by atoms with Gasteiger partial charge in [0.1, 0.15) is 17.1 Å². The number of rotatable bonds is 2. The van der Waals surface area contributed by atoms with Crippen LogP contribution in [0.1, 0.15) is 38.2 Å². The highest BCUT2D eigenvalue weighted by atomic mass is 19.1. The van der Waals surface area contributed by atoms with Gasteiger partial charge >= 0.3 is 5.97 Å². The van der Waals surface area contributed by atoms with Crippen LogP contribution in [-0.4, -0.2) is 18.9 Å². The van der Waals surface area contributed by atoms with Gasteiger partial charge in [0, 0.05) is 18.4 Å². The Bertz CT molecular complexity index is 805. The van der Waals surface area contributed by atoms with Crippen molar-refractivity contribution in [2.75, 3.05) is 7.11 Å². The zero-order valence-electron chi connectivity index (χ0n) is 14.4. The molecule has 1 unspecified atom stereocenters. The molecule has 1 atom stereocenters. The number of halogens is 1. The normalized spacial score (nSPS) is 22.4. The van der Waals surface area contributed by atoms with Crippen LogP contribution in [0.5, 0.6) is 0 Å². The molecule has 1 aromatic carbocycles. The molecule has 0 radical (unpaired) electrons. The van der Waals surface area contributed by atoms with E-state index >= 15 is 0 Å². The SMILES string of the molecule is COC(=O)C1=C(N)OC2=C(C(=O)CC(C)(C)C2)C1c1ccc(F)cc1. The van der Waals surface area contributed by atoms with Crippen LogP contribution in [0, 0.1) is 11.2 Å². The molecule has 132 valence electrons. The average molecular weight is 345 g/mol. The fraction of sp³-hybridized carbons (Fsp3) is 0.368. The molecule has 0 bridgehead atoms. The molecule has 6 heteroatoms. The molecule has 5 nitrogen and oxygen atoms in total. The summed E-state index contributed by atoms with van der Waals surface area (Å²) in [5.74, 6) is -1.50. The van der Waals surface area contributed by atoms with Crippen LogP contribution in [0.15, 0.2) is 47.1 Å². The van der Waals surface area contributed by atoms with Gasteiger partial charge in [-0.2, -0.15) is 0 Å². The number of benzene rings is 1. The Hall–Kier alpha value is -2.63. The van der Waals surface area contributed by atoms with E-state index in [-0.39, 0.29) is 22.7 Å². The Balaban J connectivity index is 2.19. The number of ether oxygens (including phenoxy) is 2. The van der Waals surface area contributed by atoms with E-state index in [4.69, 9.17) is 15.2 Å². The number of methoxy groups -OCH3 is 1. The zero-order valence-corrected chi connectivity index (χ0v) is 14.4. The van der Waals surface area contributed by atoms with E-state index in [9.17, 15) is 14.0 Å². The van der Waals surface area contributed by atoms with E-state index in [1.807, 2.05) is 13.8 Å². The fourth-order valence-corrected chi connectivity index (χ4v) is 3.48. The minimum atomic E-state index is -0.722. The molecule has 2 N–H and O–H groups in total. The molecule has 1 aromatic rings. The Labute approximate surface area is 145 Å². The second-order valence-electron chi connectivity index (χ2n) is 7.13. The van der Waals surface area contributed by atoms with E-state index in [0.717, 1.165) is 0 Å². The average Bonchev–Trinajstić information content (AvgIpc) is 2.52. The maximum atomic E-state index is 13.3. The van der Waals surface area contributed by atoms with E-state index < -0.39 is 17.7 Å². The Morgan fingerprint density at radius 3 is 2.52 bits per heavy atom. The van der Waals surface area contributed by atoms with Gasteiger partial charge in [-0.25, -0.2) is 9.18 Å². The van der Waals surface area contributed by atoms with Gasteiger partial charge in [-0.05, 0) is 23.1 Å². The third-order valence-electron chi connectivity index (χ3n) is 4.56. The van der Waals surface area contributed by atoms with Gasteiger partial charge in [0.15, 0.2) is 5.78 Å². The first-order valence-corrected chi connectivity index (χ1v) is 8.01. The Morgan fingerprint density at radius 1 is 1.28 bits per heavy atom. The summed E-state index contributed by atoms with van der Waals surface area (Å²) in [4.78, 5) is 25.1. The highest BCUT2D eigenvalue weighted by Gasteiger charge is 2.44. The predicted octanol–water partition coefficient (Wildman–Crippen LogP) is 2.93. The van der Waals surface area contributed by atoms with Gasteiger partial charge in [-0.1, -0.05) is 26.0 Å². The van der Waals surface area contributed by atoms with Gasteiger partial charge in [0.05, 0.1) is 13.0 Å². The van der Waals surface area contributed by atoms with Crippen LogP contribution < -0.4 is 5.73 Å². The highest BCUT2D eigenvalue weighted by molar-refractivity contribution is 6.03. The van der Waals surface area contributed by atoms with Gasteiger partial charge in [-0.15, -0.1) is 0 Å². The van der Waals surface area contributed by atoms with Crippen LogP contribution in [-0.2, 0) is 19.1 Å². The number of allylic oxidation sites excluding steroid dienone is 2. The summed E-state index contributed by atoms with van der Waals surface area (Å²) in [6, 6.07) is 5.65. The number of Topliss-reactive ketones (excluding diaryl/α,β-unsaturated/α-hetero) is 1. The minimum absolute atomic E-state index is 0.0703. The lowest BCUT2D eigenvalue weighted by molar-refractivity contribution is -0.136. The molecule has 1 aliphatic heterocycles. The molecule has 0 saturated heterocycles. The second-order valence-corrected chi connectivity index (χ2v) is 7.13. The smallest absolute Gasteiger partial charge is 0.340 e. The van der Waals surface area contributed by atoms with Crippen molar-refractivity contribution in [2.45, 2.75) is 32.6 Å². The Morgan fingerprint density at radius 2 is 1.92 bits per heavy atom. The largest absolute Gasteiger partial charge is 0.465 e. The summed E-state index contributed by atoms with van der Waals surface area (Å²) in [7, 11) is 1.24. The molecule has 25 heavy (non-hydrogen) atoms. The van der Waals surface area contributed by atoms with Gasteiger partial charge in [-0.3, -0.25) is 4.79 Å². The lowest BCUT2D eigenvalue weighted by Crippen LogP contribution is -2.35. The first-order chi connectivity index (χ1) is 11.7. The lowest BCUT2D eigenvalue weighted by atomic mass is 9.70. The van der Waals surface area contributed by atoms with Crippen LogP contribution >= 0.6 is 0 Å². The van der Waals surface area contributed by atoms with E-state index in [1.54, 1.807) is 12.1 Å². The van der Waals surface area contributed by atoms with Crippen LogP contribution in [0.4, 0.5) is 4.39 Å². The molecule has 2 aliphatic rings. The maximum Gasteiger partial charge on any atom is 0.340 e. The summed E-state index contributed by atoms with van der Waals surface area (Å²) < 4.78 is 23.8. The quantitative estimate of drug-likeness (QED) is 0.834. The Kier molecular flexibility index (Phi) is 4.14. The molecule has 0 aromatic heterocycles. The topological polar surface area (TPSA) is 78.6 Å². The van der Waals surface area contributed by atoms with E-state index in [1.165, 1.54) is 19.2 Å². The molecular formula is C19H20FNO4. The number of hydrogen-bond acceptors (Lipinski definition) is 5. The lowest BCUT2D eigenvalue weighted by Gasteiger charge is -2.37. The van der Waals surface area contributed by atoms with Crippen molar-refractivity contribution < 1.29 is 23.5 Å². The summed E-state index contributed by atoms with van der Waals surface area (Å²) >= 11 is 0. The maximum absolute atomic E-state index is 13.3. The van der Waals surface area contributed by atoms with Crippen molar-refractivity contribution in [1.82, 2.24) is 0 Å². The molecule has 1 aliphatic carbocycles. The van der Waals surface area contributed by atoms with Gasteiger partial charge in [0.25, 0.3) is 0 Å². The van der Waals surface area contributed by atoms with E-state index in [0.29, 0.717) is 29.7 Å². The number of carbonyl (C=O) groups is 2. The number of ketones is 1. The van der Waals surface area contributed by atoms with Gasteiger partial charge in [0.2, 0.25) is 5.88 Å². The van der Waals surface area contributed by atoms with Gasteiger partial charge < -0.3 is 15.2 Å². The standard InChI is InChI=1S/C19H20FNO4/c1-19(2)8-12(22)15-13(9-19)25-17(21)16(18(23)24-3)14(15)10-4-6-11(20)7-5-10/h4-7,14H,8-9,21H2,1-3H3. The third-order valence-corrected chi connectivity index (χ3v) is 4.56. The summed E-state index contributed by atoms with van der Waals surface area (Å²) in [5, 5.41) is 0. The predicted molar refractivity (Wildman–Crippen MR) is 88.5 cm³/mol. The molecule has 0 saturated carbocycles. The van der Waals surface area contributed by atoms with Crippen LogP contribution in [0.3, 0.4) is 0 Å². The summed E-state index contributed by atoms with van der Waals surface area (Å²) in [5.41, 5.74) is 6.80. The van der Waals surface area contributed by atoms with Crippen molar-refractivity contribution >= 4 is 11.8 Å². The van der Waals surface area contributed by atoms with Crippen molar-refractivity contribution in [2.24, 2.45) is 11.1 Å². The highest BCUT2D eigenvalue weighted by Crippen LogP contribution is 2.48. The van der Waals surface area contributed by atoms with Crippen molar-refractivity contribution in [3.8, 4) is 0 Å². The molecule has 0 amide bonds. The van der Waals surface area contributed by atoms with Crippen LogP contribution in [0.25, 0.3) is 0 Å². The first-order valence-electron chi connectivity index (χ1n) is 8.01. The molecule has 3 rings (SSSR count). The van der Waals surface area contributed by atoms with Crippen molar-refractivity contribution in [3.63, 3.8) is 0 Å². The molecule has 1 heterocycles. The number of hydrogen-bond donors (Lipinski definition) is 1. The van der Waals surface area contributed by atoms with Crippen molar-refractivity contribution in [1.29, 1.82) is 0 Å². The number of esters is 1. The van der Waals surface area contributed by atoms with Crippen LogP contribution in [0.2, 0.25) is 0 Å². The van der Waals surface area contributed by atoms with E-state index in [2.05, 4.69) is 0 Å². The fourth-order valence-electron chi connectivity index (χ4n) is 3.48. The molecule has 0 fully saturated rings. The first kappa shape index (κ1) is 17.2. The third kappa shape index (κ3) is 3.04. The minimum Gasteiger partial charge on any atom is -0.465 e. The van der Waals surface area contributed by atoms with Crippen molar-refractivity contribution in [3.05, 3.63) is 58.4 Å². The molecule has 0 spiro atoms. The second kappa shape index (κ2) is 6.02. The number of carbonyl (C=O) groups excluding carboxylic acids is 2. The summed E-state index contributed by atoms with van der Waals surface area (Å²) in [6.45, 7) is 3.95. The number of nitrogens with two attached hydrogens (primary N) is 1. The molecular weight excluding hydrogens is 325 g/mol. The summed E-state index contributed by atoms with van der Waals surface area (Å²) in [6.07, 6.45) is 0.863. The monoisotopic (exact) mass is 345 g/mol.